The Balaban J connectivity index is 2.26. The van der Waals surface area contributed by atoms with E-state index in [1.165, 1.54) is 17.2 Å². The van der Waals surface area contributed by atoms with Crippen molar-refractivity contribution in [3.05, 3.63) is 30.8 Å². The highest BCUT2D eigenvalue weighted by molar-refractivity contribution is 7.92. The van der Waals surface area contributed by atoms with Gasteiger partial charge >= 0.3 is 6.03 Å². The van der Waals surface area contributed by atoms with Crippen molar-refractivity contribution >= 4 is 15.9 Å². The Kier molecular flexibility index (Phi) is 4.04. The topological polar surface area (TPSA) is 93.4 Å². The molecule has 0 aromatic carbocycles. The molecule has 7 heteroatoms. The van der Waals surface area contributed by atoms with Crippen molar-refractivity contribution in [2.45, 2.75) is 23.1 Å². The third-order valence-electron chi connectivity index (χ3n) is 3.10. The maximum atomic E-state index is 12.4. The summed E-state index contributed by atoms with van der Waals surface area (Å²) in [4.78, 5) is 16.5. The number of nitrogens with zero attached hydrogens (tertiary/aromatic N) is 2. The molecule has 0 saturated carbocycles. The van der Waals surface area contributed by atoms with Crippen molar-refractivity contribution in [3.63, 3.8) is 0 Å². The Bertz CT molecular complexity index is 545. The molecule has 1 aromatic rings. The number of sulfone groups is 1. The third-order valence-corrected chi connectivity index (χ3v) is 5.06. The van der Waals surface area contributed by atoms with Crippen LogP contribution in [0.4, 0.5) is 4.79 Å². The Labute approximate surface area is 112 Å². The van der Waals surface area contributed by atoms with Crippen LogP contribution in [0.5, 0.6) is 0 Å². The van der Waals surface area contributed by atoms with Gasteiger partial charge in [0, 0.05) is 19.3 Å². The van der Waals surface area contributed by atoms with Gasteiger partial charge in [-0.25, -0.2) is 18.2 Å². The minimum Gasteiger partial charge on any atom is -0.351 e. The summed E-state index contributed by atoms with van der Waals surface area (Å²) in [6.45, 7) is 0.578. The van der Waals surface area contributed by atoms with Gasteiger partial charge in [-0.05, 0) is 31.4 Å². The third kappa shape index (κ3) is 3.04. The molecule has 0 aliphatic carbocycles. The number of primary amides is 1. The van der Waals surface area contributed by atoms with Crippen molar-refractivity contribution in [3.8, 4) is 0 Å². The predicted molar refractivity (Wildman–Crippen MR) is 69.9 cm³/mol. The van der Waals surface area contributed by atoms with Gasteiger partial charge in [-0.2, -0.15) is 0 Å². The first-order chi connectivity index (χ1) is 9.01. The van der Waals surface area contributed by atoms with Crippen LogP contribution in [0.15, 0.2) is 29.4 Å². The fourth-order valence-electron chi connectivity index (χ4n) is 2.06. The standard InChI is InChI=1S/C12H16N3O3S/c13-12(16)15-8-4-2-5-10(9-15)19(17,18)11-6-1-3-7-14-11/h1,3,5-7,10H,2,4,8-9H2,(H2,13,16). The number of carbonyl (C=O) groups is 1. The largest absolute Gasteiger partial charge is 0.351 e. The molecule has 2 heterocycles. The summed E-state index contributed by atoms with van der Waals surface area (Å²) >= 11 is 0. The first-order valence-electron chi connectivity index (χ1n) is 6.04. The maximum absolute atomic E-state index is 12.4. The molecule has 1 atom stereocenters. The minimum atomic E-state index is -3.57. The van der Waals surface area contributed by atoms with E-state index in [1.54, 1.807) is 18.6 Å². The molecule has 2 N–H and O–H groups in total. The molecule has 1 radical (unpaired) electrons. The summed E-state index contributed by atoms with van der Waals surface area (Å²) < 4.78 is 24.9. The summed E-state index contributed by atoms with van der Waals surface area (Å²) in [7, 11) is -3.57. The smallest absolute Gasteiger partial charge is 0.314 e. The van der Waals surface area contributed by atoms with Crippen LogP contribution in [0.2, 0.25) is 0 Å². The Morgan fingerprint density at radius 3 is 2.84 bits per heavy atom. The van der Waals surface area contributed by atoms with Crippen LogP contribution in [0.1, 0.15) is 12.8 Å². The number of aromatic nitrogens is 1. The molecule has 0 spiro atoms. The van der Waals surface area contributed by atoms with E-state index in [1.807, 2.05) is 0 Å². The van der Waals surface area contributed by atoms with Crippen LogP contribution in [-0.2, 0) is 9.84 Å². The molecule has 1 saturated heterocycles. The second-order valence-corrected chi connectivity index (χ2v) is 6.53. The van der Waals surface area contributed by atoms with Gasteiger partial charge in [-0.15, -0.1) is 0 Å². The Morgan fingerprint density at radius 2 is 2.21 bits per heavy atom. The molecule has 1 aromatic heterocycles. The van der Waals surface area contributed by atoms with Crippen molar-refractivity contribution in [2.24, 2.45) is 5.73 Å². The SMILES string of the molecule is NC(=O)N1CCC[CH]C(S(=O)(=O)c2ccccn2)C1. The number of hydrogen-bond acceptors (Lipinski definition) is 4. The lowest BCUT2D eigenvalue weighted by molar-refractivity contribution is 0.210. The van der Waals surface area contributed by atoms with E-state index >= 15 is 0 Å². The van der Waals surface area contributed by atoms with Crippen LogP contribution in [0, 0.1) is 6.42 Å². The van der Waals surface area contributed by atoms with Crippen molar-refractivity contribution < 1.29 is 13.2 Å². The van der Waals surface area contributed by atoms with Gasteiger partial charge in [-0.1, -0.05) is 6.07 Å². The molecular formula is C12H16N3O3S. The molecule has 2 rings (SSSR count). The molecule has 19 heavy (non-hydrogen) atoms. The normalized spacial score (nSPS) is 20.8. The first kappa shape index (κ1) is 13.8. The quantitative estimate of drug-likeness (QED) is 0.859. The van der Waals surface area contributed by atoms with E-state index < -0.39 is 21.1 Å². The number of urea groups is 1. The highest BCUT2D eigenvalue weighted by Gasteiger charge is 2.32. The van der Waals surface area contributed by atoms with E-state index in [-0.39, 0.29) is 11.6 Å². The summed E-state index contributed by atoms with van der Waals surface area (Å²) in [5.41, 5.74) is 5.24. The number of nitrogens with two attached hydrogens (primary N) is 1. The van der Waals surface area contributed by atoms with E-state index in [0.717, 1.165) is 6.42 Å². The van der Waals surface area contributed by atoms with Crippen LogP contribution in [-0.4, -0.2) is 42.7 Å². The molecule has 1 fully saturated rings. The van der Waals surface area contributed by atoms with Gasteiger partial charge in [-0.3, -0.25) is 0 Å². The Hall–Kier alpha value is -1.63. The lowest BCUT2D eigenvalue weighted by Crippen LogP contribution is -2.42. The van der Waals surface area contributed by atoms with E-state index in [9.17, 15) is 13.2 Å². The van der Waals surface area contributed by atoms with Gasteiger partial charge in [0.05, 0.1) is 5.25 Å². The van der Waals surface area contributed by atoms with E-state index in [4.69, 9.17) is 5.73 Å². The molecule has 2 amide bonds. The van der Waals surface area contributed by atoms with Crippen LogP contribution in [0.25, 0.3) is 0 Å². The molecule has 103 valence electrons. The fraction of sp³-hybridized carbons (Fsp3) is 0.417. The second-order valence-electron chi connectivity index (χ2n) is 4.41. The first-order valence-corrected chi connectivity index (χ1v) is 7.59. The zero-order valence-electron chi connectivity index (χ0n) is 10.4. The molecule has 1 unspecified atom stereocenters. The van der Waals surface area contributed by atoms with Crippen LogP contribution < -0.4 is 5.73 Å². The van der Waals surface area contributed by atoms with Gasteiger partial charge in [0.15, 0.2) is 14.9 Å². The summed E-state index contributed by atoms with van der Waals surface area (Å²) in [5.74, 6) is 0. The number of carbonyl (C=O) groups excluding carboxylic acids is 1. The molecule has 6 nitrogen and oxygen atoms in total. The lowest BCUT2D eigenvalue weighted by Gasteiger charge is -2.22. The van der Waals surface area contributed by atoms with E-state index in [2.05, 4.69) is 4.98 Å². The Morgan fingerprint density at radius 1 is 1.42 bits per heavy atom. The van der Waals surface area contributed by atoms with Gasteiger partial charge in [0.25, 0.3) is 0 Å². The number of rotatable bonds is 2. The second kappa shape index (κ2) is 5.56. The zero-order valence-corrected chi connectivity index (χ0v) is 11.2. The minimum absolute atomic E-state index is 0.0302. The fourth-order valence-corrected chi connectivity index (χ4v) is 3.62. The van der Waals surface area contributed by atoms with Crippen LogP contribution >= 0.6 is 0 Å². The molecular weight excluding hydrogens is 266 g/mol. The molecule has 0 bridgehead atoms. The van der Waals surface area contributed by atoms with Gasteiger partial charge < -0.3 is 10.6 Å². The average molecular weight is 282 g/mol. The molecule has 1 aliphatic heterocycles. The highest BCUT2D eigenvalue weighted by atomic mass is 32.2. The number of likely N-dealkylation sites (tertiary alicyclic amines) is 1. The molecule has 1 aliphatic rings. The number of amides is 2. The summed E-state index contributed by atoms with van der Waals surface area (Å²) in [6.07, 6.45) is 4.53. The van der Waals surface area contributed by atoms with E-state index in [0.29, 0.717) is 13.0 Å². The average Bonchev–Trinajstić information content (AvgIpc) is 2.66. The maximum Gasteiger partial charge on any atom is 0.314 e. The van der Waals surface area contributed by atoms with Crippen molar-refractivity contribution in [1.82, 2.24) is 9.88 Å². The number of hydrogen-bond donors (Lipinski definition) is 1. The van der Waals surface area contributed by atoms with Crippen LogP contribution in [0.3, 0.4) is 0 Å². The number of pyridine rings is 1. The van der Waals surface area contributed by atoms with Gasteiger partial charge in [0.1, 0.15) is 0 Å². The zero-order chi connectivity index (χ0) is 13.9. The summed E-state index contributed by atoms with van der Waals surface area (Å²) in [5, 5.41) is -0.722. The van der Waals surface area contributed by atoms with Gasteiger partial charge in [0.2, 0.25) is 0 Å². The highest BCUT2D eigenvalue weighted by Crippen LogP contribution is 2.21. The summed E-state index contributed by atoms with van der Waals surface area (Å²) in [6, 6.07) is 4.16. The lowest BCUT2D eigenvalue weighted by atomic mass is 10.2. The predicted octanol–water partition coefficient (Wildman–Crippen LogP) is 0.603. The van der Waals surface area contributed by atoms with Crippen molar-refractivity contribution in [2.75, 3.05) is 13.1 Å². The monoisotopic (exact) mass is 282 g/mol. The van der Waals surface area contributed by atoms with Crippen molar-refractivity contribution in [1.29, 1.82) is 0 Å².